The van der Waals surface area contributed by atoms with Gasteiger partial charge in [0, 0.05) is 18.2 Å². The highest BCUT2D eigenvalue weighted by atomic mass is 16.5. The van der Waals surface area contributed by atoms with Crippen molar-refractivity contribution in [3.63, 3.8) is 0 Å². The van der Waals surface area contributed by atoms with Crippen LogP contribution in [0.2, 0.25) is 0 Å². The number of benzene rings is 1. The molecule has 100 valence electrons. The van der Waals surface area contributed by atoms with Crippen LogP contribution < -0.4 is 10.1 Å². The number of nitrogens with one attached hydrogen (secondary N) is 1. The lowest BCUT2D eigenvalue weighted by Gasteiger charge is -2.16. The number of aromatic hydroxyl groups is 1. The van der Waals surface area contributed by atoms with Crippen molar-refractivity contribution in [2.75, 3.05) is 20.8 Å². The molecule has 1 aromatic rings. The van der Waals surface area contributed by atoms with E-state index in [4.69, 9.17) is 4.74 Å². The van der Waals surface area contributed by atoms with Crippen molar-refractivity contribution in [2.24, 2.45) is 0 Å². The second-order valence-corrected chi connectivity index (χ2v) is 3.93. The number of carbonyl (C=O) groups excluding carboxylic acids is 1. The highest BCUT2D eigenvalue weighted by molar-refractivity contribution is 5.69. The quantitative estimate of drug-likeness (QED) is 0.754. The zero-order valence-electron chi connectivity index (χ0n) is 10.9. The fourth-order valence-corrected chi connectivity index (χ4v) is 1.61. The Morgan fingerprint density at radius 1 is 1.44 bits per heavy atom. The maximum absolute atomic E-state index is 11.0. The molecule has 0 aromatic heterocycles. The zero-order valence-corrected chi connectivity index (χ0v) is 10.9. The summed E-state index contributed by atoms with van der Waals surface area (Å²) in [7, 11) is 2.94. The van der Waals surface area contributed by atoms with Crippen molar-refractivity contribution >= 4 is 5.97 Å². The maximum atomic E-state index is 11.0. The molecular formula is C13H19NO4. The SMILES string of the molecule is COC(=O)CCNC(C)c1cc(OC)ccc1O. The molecule has 5 heteroatoms. The summed E-state index contributed by atoms with van der Waals surface area (Å²) in [5.41, 5.74) is 0.735. The van der Waals surface area contributed by atoms with Gasteiger partial charge >= 0.3 is 5.97 Å². The Bertz CT molecular complexity index is 406. The summed E-state index contributed by atoms with van der Waals surface area (Å²) in [6.07, 6.45) is 0.297. The van der Waals surface area contributed by atoms with Crippen LogP contribution in [0.1, 0.15) is 24.9 Å². The largest absolute Gasteiger partial charge is 0.508 e. The molecule has 0 radical (unpaired) electrons. The van der Waals surface area contributed by atoms with Gasteiger partial charge in [0.15, 0.2) is 0 Å². The van der Waals surface area contributed by atoms with Gasteiger partial charge in [-0.1, -0.05) is 0 Å². The minimum atomic E-state index is -0.260. The first-order chi connectivity index (χ1) is 8.58. The van der Waals surface area contributed by atoms with E-state index in [1.54, 1.807) is 25.3 Å². The van der Waals surface area contributed by atoms with Gasteiger partial charge in [-0.15, -0.1) is 0 Å². The van der Waals surface area contributed by atoms with Crippen molar-refractivity contribution < 1.29 is 19.4 Å². The monoisotopic (exact) mass is 253 g/mol. The number of esters is 1. The van der Waals surface area contributed by atoms with Crippen LogP contribution in [0.15, 0.2) is 18.2 Å². The second kappa shape index (κ2) is 6.86. The average molecular weight is 253 g/mol. The lowest BCUT2D eigenvalue weighted by Crippen LogP contribution is -2.22. The van der Waals surface area contributed by atoms with Crippen LogP contribution in [0.3, 0.4) is 0 Å². The zero-order chi connectivity index (χ0) is 13.5. The Hall–Kier alpha value is -1.75. The van der Waals surface area contributed by atoms with E-state index >= 15 is 0 Å². The van der Waals surface area contributed by atoms with Gasteiger partial charge in [0.05, 0.1) is 20.6 Å². The molecule has 1 unspecified atom stereocenters. The van der Waals surface area contributed by atoms with E-state index in [0.29, 0.717) is 18.7 Å². The summed E-state index contributed by atoms with van der Waals surface area (Å²) in [5.74, 6) is 0.628. The van der Waals surface area contributed by atoms with E-state index in [1.807, 2.05) is 6.92 Å². The van der Waals surface area contributed by atoms with Crippen LogP contribution in [0, 0.1) is 0 Å². The Balaban J connectivity index is 2.60. The topological polar surface area (TPSA) is 67.8 Å². The van der Waals surface area contributed by atoms with Gasteiger partial charge in [-0.3, -0.25) is 4.79 Å². The number of hydrogen-bond acceptors (Lipinski definition) is 5. The van der Waals surface area contributed by atoms with E-state index < -0.39 is 0 Å². The predicted molar refractivity (Wildman–Crippen MR) is 67.7 cm³/mol. The van der Waals surface area contributed by atoms with E-state index in [0.717, 1.165) is 5.56 Å². The van der Waals surface area contributed by atoms with Gasteiger partial charge in [0.25, 0.3) is 0 Å². The van der Waals surface area contributed by atoms with Crippen molar-refractivity contribution in [1.29, 1.82) is 0 Å². The lowest BCUT2D eigenvalue weighted by molar-refractivity contribution is -0.140. The first kappa shape index (κ1) is 14.3. The molecule has 0 fully saturated rings. The number of phenolic OH excluding ortho intramolecular Hbond substituents is 1. The van der Waals surface area contributed by atoms with Gasteiger partial charge in [0.2, 0.25) is 0 Å². The molecule has 2 N–H and O–H groups in total. The van der Waals surface area contributed by atoms with Crippen molar-refractivity contribution in [1.82, 2.24) is 5.32 Å². The first-order valence-corrected chi connectivity index (χ1v) is 5.75. The molecule has 0 saturated carbocycles. The molecule has 1 rings (SSSR count). The standard InChI is InChI=1S/C13H19NO4/c1-9(14-7-6-13(16)18-3)11-8-10(17-2)4-5-12(11)15/h4-5,8-9,14-15H,6-7H2,1-3H3. The maximum Gasteiger partial charge on any atom is 0.306 e. The molecule has 18 heavy (non-hydrogen) atoms. The van der Waals surface area contributed by atoms with E-state index in [-0.39, 0.29) is 17.8 Å². The summed E-state index contributed by atoms with van der Waals surface area (Å²) in [6, 6.07) is 4.97. The number of rotatable bonds is 6. The molecular weight excluding hydrogens is 234 g/mol. The summed E-state index contributed by atoms with van der Waals surface area (Å²) in [4.78, 5) is 11.0. The highest BCUT2D eigenvalue weighted by Gasteiger charge is 2.11. The van der Waals surface area contributed by atoms with Crippen LogP contribution in [0.25, 0.3) is 0 Å². The number of hydrogen-bond donors (Lipinski definition) is 2. The molecule has 0 saturated heterocycles. The predicted octanol–water partition coefficient (Wildman–Crippen LogP) is 1.61. The van der Waals surface area contributed by atoms with Gasteiger partial charge in [-0.25, -0.2) is 0 Å². The Morgan fingerprint density at radius 3 is 2.78 bits per heavy atom. The molecule has 5 nitrogen and oxygen atoms in total. The highest BCUT2D eigenvalue weighted by Crippen LogP contribution is 2.28. The van der Waals surface area contributed by atoms with Crippen molar-refractivity contribution in [2.45, 2.75) is 19.4 Å². The second-order valence-electron chi connectivity index (χ2n) is 3.93. The van der Waals surface area contributed by atoms with Crippen LogP contribution in [-0.2, 0) is 9.53 Å². The molecule has 0 spiro atoms. The Morgan fingerprint density at radius 2 is 2.17 bits per heavy atom. The number of ether oxygens (including phenoxy) is 2. The van der Waals surface area contributed by atoms with Crippen LogP contribution >= 0.6 is 0 Å². The average Bonchev–Trinajstić information content (AvgIpc) is 2.38. The lowest BCUT2D eigenvalue weighted by atomic mass is 10.1. The normalized spacial score (nSPS) is 11.9. The molecule has 0 heterocycles. The van der Waals surface area contributed by atoms with Crippen LogP contribution in [0.5, 0.6) is 11.5 Å². The third-order valence-electron chi connectivity index (χ3n) is 2.71. The van der Waals surface area contributed by atoms with E-state index in [9.17, 15) is 9.90 Å². The molecule has 0 aliphatic carbocycles. The summed E-state index contributed by atoms with van der Waals surface area (Å²) >= 11 is 0. The van der Waals surface area contributed by atoms with Crippen LogP contribution in [-0.4, -0.2) is 31.8 Å². The molecule has 0 aliphatic rings. The Labute approximate surface area is 107 Å². The minimum absolute atomic E-state index is 0.0789. The first-order valence-electron chi connectivity index (χ1n) is 5.75. The number of phenols is 1. The van der Waals surface area contributed by atoms with E-state index in [2.05, 4.69) is 10.1 Å². The van der Waals surface area contributed by atoms with E-state index in [1.165, 1.54) is 7.11 Å². The minimum Gasteiger partial charge on any atom is -0.508 e. The summed E-state index contributed by atoms with van der Waals surface area (Å²) < 4.78 is 9.66. The number of carbonyl (C=O) groups is 1. The molecule has 0 bridgehead atoms. The van der Waals surface area contributed by atoms with Crippen molar-refractivity contribution in [3.05, 3.63) is 23.8 Å². The molecule has 0 amide bonds. The van der Waals surface area contributed by atoms with Gasteiger partial charge < -0.3 is 19.9 Å². The van der Waals surface area contributed by atoms with Crippen molar-refractivity contribution in [3.8, 4) is 11.5 Å². The van der Waals surface area contributed by atoms with Gasteiger partial charge in [-0.05, 0) is 25.1 Å². The molecule has 1 atom stereocenters. The fraction of sp³-hybridized carbons (Fsp3) is 0.462. The smallest absolute Gasteiger partial charge is 0.306 e. The summed E-state index contributed by atoms with van der Waals surface area (Å²) in [5, 5.41) is 12.9. The fourth-order valence-electron chi connectivity index (χ4n) is 1.61. The van der Waals surface area contributed by atoms with Crippen LogP contribution in [0.4, 0.5) is 0 Å². The third kappa shape index (κ3) is 3.92. The third-order valence-corrected chi connectivity index (χ3v) is 2.71. The molecule has 1 aromatic carbocycles. The molecule has 0 aliphatic heterocycles. The summed E-state index contributed by atoms with van der Waals surface area (Å²) in [6.45, 7) is 2.40. The Kier molecular flexibility index (Phi) is 5.45. The van der Waals surface area contributed by atoms with Gasteiger partial charge in [0.1, 0.15) is 11.5 Å². The number of methoxy groups -OCH3 is 2. The van der Waals surface area contributed by atoms with Gasteiger partial charge in [-0.2, -0.15) is 0 Å².